The van der Waals surface area contributed by atoms with Crippen LogP contribution < -0.4 is 0 Å². The van der Waals surface area contributed by atoms with Crippen LogP contribution in [0.1, 0.15) is 18.6 Å². The van der Waals surface area contributed by atoms with Crippen molar-refractivity contribution in [2.75, 3.05) is 12.9 Å². The molecule has 0 aromatic carbocycles. The van der Waals surface area contributed by atoms with E-state index >= 15 is 0 Å². The van der Waals surface area contributed by atoms with E-state index in [4.69, 9.17) is 0 Å². The average molecular weight is 227 g/mol. The Morgan fingerprint density at radius 2 is 2.47 bits per heavy atom. The Labute approximate surface area is 92.7 Å². The zero-order valence-electron chi connectivity index (χ0n) is 8.64. The van der Waals surface area contributed by atoms with Gasteiger partial charge in [-0.25, -0.2) is 4.98 Å². The lowest BCUT2D eigenvalue weighted by Crippen LogP contribution is -2.04. The summed E-state index contributed by atoms with van der Waals surface area (Å²) in [7, 11) is 1.34. The van der Waals surface area contributed by atoms with Crippen molar-refractivity contribution >= 4 is 17.7 Å². The summed E-state index contributed by atoms with van der Waals surface area (Å²) in [5.74, 6) is -0.102. The molecule has 1 unspecified atom stereocenters. The molecule has 0 bridgehead atoms. The molecule has 0 amide bonds. The van der Waals surface area contributed by atoms with Crippen molar-refractivity contribution < 1.29 is 14.6 Å². The Kier molecular flexibility index (Phi) is 4.58. The van der Waals surface area contributed by atoms with Crippen LogP contribution in [0.25, 0.3) is 0 Å². The first-order chi connectivity index (χ1) is 7.15. The van der Waals surface area contributed by atoms with E-state index in [-0.39, 0.29) is 11.7 Å². The molecule has 0 aliphatic rings. The lowest BCUT2D eigenvalue weighted by Gasteiger charge is -2.09. The van der Waals surface area contributed by atoms with E-state index in [2.05, 4.69) is 9.72 Å². The fourth-order valence-electron chi connectivity index (χ4n) is 1.03. The van der Waals surface area contributed by atoms with Crippen molar-refractivity contribution in [2.45, 2.75) is 18.1 Å². The highest BCUT2D eigenvalue weighted by molar-refractivity contribution is 7.99. The second-order valence-corrected chi connectivity index (χ2v) is 3.90. The minimum Gasteiger partial charge on any atom is -0.468 e. The Morgan fingerprint density at radius 3 is 3.07 bits per heavy atom. The number of pyridine rings is 1. The van der Waals surface area contributed by atoms with Gasteiger partial charge in [-0.2, -0.15) is 0 Å². The van der Waals surface area contributed by atoms with Gasteiger partial charge in [0.05, 0.1) is 19.0 Å². The number of nitrogens with zero attached hydrogens (tertiary/aromatic N) is 1. The molecule has 0 spiro atoms. The van der Waals surface area contributed by atoms with Crippen molar-refractivity contribution in [3.8, 4) is 0 Å². The second kappa shape index (κ2) is 5.72. The number of hydrogen-bond acceptors (Lipinski definition) is 5. The average Bonchev–Trinajstić information content (AvgIpc) is 2.26. The summed E-state index contributed by atoms with van der Waals surface area (Å²) in [5.41, 5.74) is 0.728. The van der Waals surface area contributed by atoms with E-state index < -0.39 is 6.10 Å². The van der Waals surface area contributed by atoms with Crippen LogP contribution in [0.5, 0.6) is 0 Å². The van der Waals surface area contributed by atoms with Crippen molar-refractivity contribution in [2.24, 2.45) is 0 Å². The number of esters is 1. The smallest absolute Gasteiger partial charge is 0.316 e. The number of thioether (sulfide) groups is 1. The van der Waals surface area contributed by atoms with Gasteiger partial charge in [0.15, 0.2) is 0 Å². The monoisotopic (exact) mass is 227 g/mol. The predicted octanol–water partition coefficient (Wildman–Crippen LogP) is 1.40. The first-order valence-electron chi connectivity index (χ1n) is 4.47. The van der Waals surface area contributed by atoms with Gasteiger partial charge in [0.25, 0.3) is 0 Å². The van der Waals surface area contributed by atoms with Gasteiger partial charge in [-0.15, -0.1) is 0 Å². The molecule has 4 nitrogen and oxygen atoms in total. The minimum atomic E-state index is -0.584. The highest BCUT2D eigenvalue weighted by atomic mass is 32.2. The lowest BCUT2D eigenvalue weighted by atomic mass is 10.2. The summed E-state index contributed by atoms with van der Waals surface area (Å²) >= 11 is 1.26. The summed E-state index contributed by atoms with van der Waals surface area (Å²) in [5, 5.41) is 10.1. The molecule has 1 N–H and O–H groups in total. The van der Waals surface area contributed by atoms with Crippen LogP contribution in [-0.4, -0.2) is 28.9 Å². The molecule has 0 saturated heterocycles. The van der Waals surface area contributed by atoms with E-state index in [0.717, 1.165) is 5.56 Å². The standard InChI is InChI=1S/C10H13NO3S/c1-7(12)8-4-3-5-11-10(8)15-6-9(13)14-2/h3-5,7,12H,6H2,1-2H3. The van der Waals surface area contributed by atoms with E-state index in [1.165, 1.54) is 18.9 Å². The Bertz CT molecular complexity index is 341. The van der Waals surface area contributed by atoms with E-state index in [9.17, 15) is 9.90 Å². The highest BCUT2D eigenvalue weighted by Gasteiger charge is 2.10. The SMILES string of the molecule is COC(=O)CSc1ncccc1C(C)O. The number of rotatable bonds is 4. The van der Waals surface area contributed by atoms with Gasteiger partial charge in [-0.3, -0.25) is 4.79 Å². The molecule has 1 aromatic heterocycles. The molecule has 15 heavy (non-hydrogen) atoms. The van der Waals surface area contributed by atoms with Crippen LogP contribution in [0.4, 0.5) is 0 Å². The summed E-state index contributed by atoms with van der Waals surface area (Å²) < 4.78 is 4.52. The molecule has 0 radical (unpaired) electrons. The Morgan fingerprint density at radius 1 is 1.73 bits per heavy atom. The lowest BCUT2D eigenvalue weighted by molar-refractivity contribution is -0.137. The van der Waals surface area contributed by atoms with Crippen molar-refractivity contribution in [3.05, 3.63) is 23.9 Å². The second-order valence-electron chi connectivity index (χ2n) is 2.94. The third-order valence-electron chi connectivity index (χ3n) is 1.81. The van der Waals surface area contributed by atoms with Crippen LogP contribution >= 0.6 is 11.8 Å². The number of aliphatic hydroxyl groups is 1. The van der Waals surface area contributed by atoms with Gasteiger partial charge in [-0.1, -0.05) is 17.8 Å². The number of hydrogen-bond donors (Lipinski definition) is 1. The molecule has 1 aromatic rings. The maximum absolute atomic E-state index is 10.9. The first-order valence-corrected chi connectivity index (χ1v) is 5.46. The Hall–Kier alpha value is -1.07. The molecular weight excluding hydrogens is 214 g/mol. The number of ether oxygens (including phenoxy) is 1. The van der Waals surface area contributed by atoms with Crippen LogP contribution in [0.3, 0.4) is 0 Å². The van der Waals surface area contributed by atoms with Crippen molar-refractivity contribution in [1.29, 1.82) is 0 Å². The molecule has 0 aliphatic heterocycles. The van der Waals surface area contributed by atoms with Gasteiger partial charge < -0.3 is 9.84 Å². The number of aromatic nitrogens is 1. The molecule has 0 saturated carbocycles. The molecular formula is C10H13NO3S. The molecule has 0 fully saturated rings. The molecule has 0 aliphatic carbocycles. The molecule has 1 heterocycles. The minimum absolute atomic E-state index is 0.202. The zero-order chi connectivity index (χ0) is 11.3. The summed E-state index contributed by atoms with van der Waals surface area (Å²) in [4.78, 5) is 15.0. The van der Waals surface area contributed by atoms with E-state index in [1.54, 1.807) is 25.3 Å². The summed E-state index contributed by atoms with van der Waals surface area (Å²) in [6, 6.07) is 3.54. The van der Waals surface area contributed by atoms with E-state index in [0.29, 0.717) is 5.03 Å². The summed E-state index contributed by atoms with van der Waals surface area (Å²) in [6.45, 7) is 1.67. The van der Waals surface area contributed by atoms with Crippen LogP contribution in [0, 0.1) is 0 Å². The zero-order valence-corrected chi connectivity index (χ0v) is 9.45. The quantitative estimate of drug-likeness (QED) is 0.622. The molecule has 82 valence electrons. The van der Waals surface area contributed by atoms with Crippen LogP contribution in [0.15, 0.2) is 23.4 Å². The Balaban J connectivity index is 2.71. The molecule has 1 atom stereocenters. The third kappa shape index (κ3) is 3.53. The largest absolute Gasteiger partial charge is 0.468 e. The fourth-order valence-corrected chi connectivity index (χ4v) is 1.94. The maximum atomic E-state index is 10.9. The highest BCUT2D eigenvalue weighted by Crippen LogP contribution is 2.24. The van der Waals surface area contributed by atoms with Crippen molar-refractivity contribution in [1.82, 2.24) is 4.98 Å². The fraction of sp³-hybridized carbons (Fsp3) is 0.400. The van der Waals surface area contributed by atoms with Gasteiger partial charge >= 0.3 is 5.97 Å². The first kappa shape index (κ1) is 12.0. The number of methoxy groups -OCH3 is 1. The third-order valence-corrected chi connectivity index (χ3v) is 2.80. The van der Waals surface area contributed by atoms with Crippen LogP contribution in [-0.2, 0) is 9.53 Å². The van der Waals surface area contributed by atoms with Gasteiger partial charge in [0.2, 0.25) is 0 Å². The molecule has 1 rings (SSSR count). The number of carbonyl (C=O) groups is 1. The summed E-state index contributed by atoms with van der Waals surface area (Å²) in [6.07, 6.45) is 1.05. The van der Waals surface area contributed by atoms with Gasteiger partial charge in [0, 0.05) is 11.8 Å². The van der Waals surface area contributed by atoms with Crippen LogP contribution in [0.2, 0.25) is 0 Å². The normalized spacial score (nSPS) is 12.2. The van der Waals surface area contributed by atoms with Crippen molar-refractivity contribution in [3.63, 3.8) is 0 Å². The van der Waals surface area contributed by atoms with E-state index in [1.807, 2.05) is 0 Å². The molecule has 5 heteroatoms. The topological polar surface area (TPSA) is 59.4 Å². The predicted molar refractivity (Wildman–Crippen MR) is 57.6 cm³/mol. The van der Waals surface area contributed by atoms with Gasteiger partial charge in [0.1, 0.15) is 5.03 Å². The number of carbonyl (C=O) groups excluding carboxylic acids is 1. The number of aliphatic hydroxyl groups excluding tert-OH is 1. The van der Waals surface area contributed by atoms with Gasteiger partial charge in [-0.05, 0) is 13.0 Å². The maximum Gasteiger partial charge on any atom is 0.316 e.